The van der Waals surface area contributed by atoms with E-state index in [4.69, 9.17) is 11.6 Å². The van der Waals surface area contributed by atoms with Crippen LogP contribution in [-0.2, 0) is 11.9 Å². The van der Waals surface area contributed by atoms with Crippen LogP contribution < -0.4 is 0 Å². The maximum Gasteiger partial charge on any atom is 0.152 e. The Labute approximate surface area is 130 Å². The normalized spacial score (nSPS) is 13.9. The van der Waals surface area contributed by atoms with Crippen molar-refractivity contribution in [1.29, 1.82) is 0 Å². The Morgan fingerprint density at radius 1 is 1.00 bits per heavy atom. The van der Waals surface area contributed by atoms with Crippen LogP contribution in [0.3, 0.4) is 0 Å². The number of hydrogen-bond donors (Lipinski definition) is 0. The molecule has 0 spiro atoms. The molecule has 0 amide bonds. The summed E-state index contributed by atoms with van der Waals surface area (Å²) in [5.74, 6) is 0.820. The second-order valence-electron chi connectivity index (χ2n) is 5.26. The smallest absolute Gasteiger partial charge is 0.152 e. The van der Waals surface area contributed by atoms with Crippen LogP contribution in [0.2, 0.25) is 0 Å². The number of imidazole rings is 1. The standard InChI is InChI=1S/C18H17ClN2/c1-14-7-6-10-16(13-14)18(19,15-8-4-3-5-9-15)17-20-11-12-21(17)2/h3-13H,1-2H3. The van der Waals surface area contributed by atoms with Gasteiger partial charge >= 0.3 is 0 Å². The van der Waals surface area contributed by atoms with Crippen LogP contribution >= 0.6 is 11.6 Å². The van der Waals surface area contributed by atoms with Crippen molar-refractivity contribution in [1.82, 2.24) is 9.55 Å². The lowest BCUT2D eigenvalue weighted by Crippen LogP contribution is -2.26. The van der Waals surface area contributed by atoms with Gasteiger partial charge in [-0.15, -0.1) is 11.6 Å². The second kappa shape index (κ2) is 5.38. The topological polar surface area (TPSA) is 17.8 Å². The van der Waals surface area contributed by atoms with E-state index in [0.29, 0.717) is 0 Å². The van der Waals surface area contributed by atoms with E-state index in [1.165, 1.54) is 5.56 Å². The molecule has 0 N–H and O–H groups in total. The molecule has 0 fully saturated rings. The number of halogens is 1. The predicted molar refractivity (Wildman–Crippen MR) is 86.6 cm³/mol. The average molecular weight is 297 g/mol. The van der Waals surface area contributed by atoms with Crippen LogP contribution in [0.1, 0.15) is 22.5 Å². The molecule has 3 aromatic rings. The first-order chi connectivity index (χ1) is 10.1. The van der Waals surface area contributed by atoms with Crippen molar-refractivity contribution < 1.29 is 0 Å². The van der Waals surface area contributed by atoms with Gasteiger partial charge in [-0.2, -0.15) is 0 Å². The molecule has 1 heterocycles. The third kappa shape index (κ3) is 2.36. The van der Waals surface area contributed by atoms with Gasteiger partial charge in [0.25, 0.3) is 0 Å². The van der Waals surface area contributed by atoms with Gasteiger partial charge in [0, 0.05) is 19.4 Å². The van der Waals surface area contributed by atoms with Gasteiger partial charge < -0.3 is 4.57 Å². The fourth-order valence-electron chi connectivity index (χ4n) is 2.65. The molecule has 1 aromatic heterocycles. The van der Waals surface area contributed by atoms with E-state index in [1.807, 2.05) is 54.2 Å². The van der Waals surface area contributed by atoms with Crippen molar-refractivity contribution in [2.24, 2.45) is 7.05 Å². The summed E-state index contributed by atoms with van der Waals surface area (Å²) in [4.78, 5) is 3.72. The monoisotopic (exact) mass is 296 g/mol. The maximum atomic E-state index is 7.15. The summed E-state index contributed by atoms with van der Waals surface area (Å²) < 4.78 is 1.97. The Kier molecular flexibility index (Phi) is 3.56. The van der Waals surface area contributed by atoms with Gasteiger partial charge in [-0.05, 0) is 18.1 Å². The lowest BCUT2D eigenvalue weighted by atomic mass is 9.88. The minimum absolute atomic E-state index is 0.786. The first kappa shape index (κ1) is 13.9. The highest BCUT2D eigenvalue weighted by Crippen LogP contribution is 2.42. The molecular formula is C18H17ClN2. The van der Waals surface area contributed by atoms with Crippen LogP contribution in [-0.4, -0.2) is 9.55 Å². The molecule has 0 saturated carbocycles. The molecule has 0 aliphatic rings. The van der Waals surface area contributed by atoms with Crippen LogP contribution in [0.15, 0.2) is 67.0 Å². The highest BCUT2D eigenvalue weighted by Gasteiger charge is 2.37. The summed E-state index contributed by atoms with van der Waals surface area (Å²) in [6, 6.07) is 18.4. The lowest BCUT2D eigenvalue weighted by molar-refractivity contribution is 0.715. The molecule has 21 heavy (non-hydrogen) atoms. The number of hydrogen-bond acceptors (Lipinski definition) is 1. The van der Waals surface area contributed by atoms with E-state index in [9.17, 15) is 0 Å². The molecule has 2 aromatic carbocycles. The zero-order valence-corrected chi connectivity index (χ0v) is 12.9. The molecule has 0 saturated heterocycles. The summed E-state index contributed by atoms with van der Waals surface area (Å²) in [7, 11) is 1.97. The van der Waals surface area contributed by atoms with Gasteiger partial charge in [0.15, 0.2) is 4.87 Å². The van der Waals surface area contributed by atoms with Gasteiger partial charge in [0.1, 0.15) is 5.82 Å². The minimum atomic E-state index is -0.786. The van der Waals surface area contributed by atoms with Gasteiger partial charge in [-0.25, -0.2) is 4.98 Å². The molecule has 2 nitrogen and oxygen atoms in total. The largest absolute Gasteiger partial charge is 0.336 e. The summed E-state index contributed by atoms with van der Waals surface area (Å²) in [6.45, 7) is 2.07. The number of benzene rings is 2. The average Bonchev–Trinajstić information content (AvgIpc) is 2.94. The van der Waals surface area contributed by atoms with E-state index in [0.717, 1.165) is 17.0 Å². The van der Waals surface area contributed by atoms with E-state index in [-0.39, 0.29) is 0 Å². The minimum Gasteiger partial charge on any atom is -0.336 e. The molecule has 1 unspecified atom stereocenters. The molecular weight excluding hydrogens is 280 g/mol. The van der Waals surface area contributed by atoms with Gasteiger partial charge in [-0.1, -0.05) is 60.2 Å². The number of rotatable bonds is 3. The van der Waals surface area contributed by atoms with Crippen LogP contribution in [0.5, 0.6) is 0 Å². The van der Waals surface area contributed by atoms with E-state index < -0.39 is 4.87 Å². The Balaban J connectivity index is 2.28. The Morgan fingerprint density at radius 2 is 1.71 bits per heavy atom. The quantitative estimate of drug-likeness (QED) is 0.660. The number of alkyl halides is 1. The summed E-state index contributed by atoms with van der Waals surface area (Å²) >= 11 is 7.15. The van der Waals surface area contributed by atoms with Crippen molar-refractivity contribution in [2.45, 2.75) is 11.8 Å². The van der Waals surface area contributed by atoms with Crippen molar-refractivity contribution in [3.8, 4) is 0 Å². The summed E-state index contributed by atoms with van der Waals surface area (Å²) in [5, 5.41) is 0. The zero-order valence-electron chi connectivity index (χ0n) is 12.1. The number of aromatic nitrogens is 2. The number of nitrogens with zero attached hydrogens (tertiary/aromatic N) is 2. The van der Waals surface area contributed by atoms with Crippen molar-refractivity contribution in [3.63, 3.8) is 0 Å². The third-order valence-electron chi connectivity index (χ3n) is 3.72. The second-order valence-corrected chi connectivity index (χ2v) is 5.82. The fraction of sp³-hybridized carbons (Fsp3) is 0.167. The van der Waals surface area contributed by atoms with E-state index in [1.54, 1.807) is 6.20 Å². The molecule has 106 valence electrons. The molecule has 3 heteroatoms. The molecule has 1 atom stereocenters. The maximum absolute atomic E-state index is 7.15. The van der Waals surface area contributed by atoms with Crippen LogP contribution in [0.25, 0.3) is 0 Å². The number of aryl methyl sites for hydroxylation is 2. The van der Waals surface area contributed by atoms with Crippen molar-refractivity contribution in [3.05, 3.63) is 89.5 Å². The Hall–Kier alpha value is -2.06. The fourth-order valence-corrected chi connectivity index (χ4v) is 3.08. The highest BCUT2D eigenvalue weighted by molar-refractivity contribution is 6.27. The summed E-state index contributed by atoms with van der Waals surface area (Å²) in [6.07, 6.45) is 3.70. The SMILES string of the molecule is Cc1cccc(C(Cl)(c2ccccc2)c2nccn2C)c1. The van der Waals surface area contributed by atoms with Crippen molar-refractivity contribution >= 4 is 11.6 Å². The van der Waals surface area contributed by atoms with Gasteiger partial charge in [0.05, 0.1) is 0 Å². The van der Waals surface area contributed by atoms with Crippen LogP contribution in [0.4, 0.5) is 0 Å². The molecule has 0 radical (unpaired) electrons. The summed E-state index contributed by atoms with van der Waals surface area (Å²) in [5.41, 5.74) is 3.24. The van der Waals surface area contributed by atoms with E-state index in [2.05, 4.69) is 30.1 Å². The Bertz CT molecular complexity index is 749. The molecule has 0 aliphatic heterocycles. The zero-order chi connectivity index (χ0) is 14.9. The molecule has 0 bridgehead atoms. The first-order valence-electron chi connectivity index (χ1n) is 6.92. The van der Waals surface area contributed by atoms with Crippen LogP contribution in [0, 0.1) is 6.92 Å². The highest BCUT2D eigenvalue weighted by atomic mass is 35.5. The molecule has 3 rings (SSSR count). The molecule has 0 aliphatic carbocycles. The van der Waals surface area contributed by atoms with Gasteiger partial charge in [-0.3, -0.25) is 0 Å². The van der Waals surface area contributed by atoms with E-state index >= 15 is 0 Å². The Morgan fingerprint density at radius 3 is 2.33 bits per heavy atom. The lowest BCUT2D eigenvalue weighted by Gasteiger charge is -2.28. The third-order valence-corrected chi connectivity index (χ3v) is 4.32. The van der Waals surface area contributed by atoms with Gasteiger partial charge in [0.2, 0.25) is 0 Å². The first-order valence-corrected chi connectivity index (χ1v) is 7.29. The van der Waals surface area contributed by atoms with Crippen molar-refractivity contribution in [2.75, 3.05) is 0 Å². The predicted octanol–water partition coefficient (Wildman–Crippen LogP) is 4.26.